The molecular formula is C28H30N4O3. The number of anilines is 2. The zero-order chi connectivity index (χ0) is 24.6. The van der Waals surface area contributed by atoms with Crippen LogP contribution in [0, 0.1) is 5.92 Å². The summed E-state index contributed by atoms with van der Waals surface area (Å²) in [5.74, 6) is -0.100. The Morgan fingerprint density at radius 2 is 1.69 bits per heavy atom. The number of urea groups is 1. The number of nitrogens with zero attached hydrogens (tertiary/aromatic N) is 2. The van der Waals surface area contributed by atoms with Crippen LogP contribution in [0.2, 0.25) is 0 Å². The fourth-order valence-corrected chi connectivity index (χ4v) is 5.05. The van der Waals surface area contributed by atoms with Crippen molar-refractivity contribution in [2.45, 2.75) is 32.2 Å². The second-order valence-corrected chi connectivity index (χ2v) is 9.74. The van der Waals surface area contributed by atoms with Crippen molar-refractivity contribution in [3.63, 3.8) is 0 Å². The fraction of sp³-hybridized carbons (Fsp3) is 0.321. The first-order valence-corrected chi connectivity index (χ1v) is 12.1. The SMILES string of the molecule is CC1CCN(c2ccc(NC(=O)CN3C(=O)N[C@](C)(c4cccc5ccccc45)C3=O)cc2)CC1. The van der Waals surface area contributed by atoms with E-state index in [2.05, 4.69) is 22.5 Å². The Balaban J connectivity index is 1.27. The minimum Gasteiger partial charge on any atom is -0.372 e. The van der Waals surface area contributed by atoms with Gasteiger partial charge in [-0.25, -0.2) is 4.79 Å². The van der Waals surface area contributed by atoms with Crippen molar-refractivity contribution in [3.05, 3.63) is 72.3 Å². The lowest BCUT2D eigenvalue weighted by atomic mass is 9.88. The van der Waals surface area contributed by atoms with Crippen LogP contribution in [0.3, 0.4) is 0 Å². The van der Waals surface area contributed by atoms with Crippen molar-refractivity contribution in [3.8, 4) is 0 Å². The molecule has 1 atom stereocenters. The molecule has 5 rings (SSSR count). The molecule has 0 saturated carbocycles. The standard InChI is InChI=1S/C28H30N4O3/c1-19-14-16-31(17-15-19)22-12-10-21(11-13-22)29-25(33)18-32-26(34)28(2,30-27(32)35)24-9-5-7-20-6-3-4-8-23(20)24/h3-13,19H,14-18H2,1-2H3,(H,29,33)(H,30,35)/t28-/m1/s1. The summed E-state index contributed by atoms with van der Waals surface area (Å²) in [7, 11) is 0. The van der Waals surface area contributed by atoms with E-state index in [0.717, 1.165) is 40.4 Å². The lowest BCUT2D eigenvalue weighted by Crippen LogP contribution is -2.42. The lowest BCUT2D eigenvalue weighted by molar-refractivity contribution is -0.133. The quantitative estimate of drug-likeness (QED) is 0.539. The van der Waals surface area contributed by atoms with Gasteiger partial charge in [-0.2, -0.15) is 0 Å². The third-order valence-electron chi connectivity index (χ3n) is 7.20. The highest BCUT2D eigenvalue weighted by molar-refractivity contribution is 6.11. The zero-order valence-electron chi connectivity index (χ0n) is 20.1. The van der Waals surface area contributed by atoms with E-state index in [9.17, 15) is 14.4 Å². The zero-order valence-corrected chi connectivity index (χ0v) is 20.1. The first kappa shape index (κ1) is 22.9. The van der Waals surface area contributed by atoms with Crippen molar-refractivity contribution in [2.24, 2.45) is 5.92 Å². The molecule has 7 heteroatoms. The molecule has 7 nitrogen and oxygen atoms in total. The Morgan fingerprint density at radius 3 is 2.43 bits per heavy atom. The van der Waals surface area contributed by atoms with E-state index >= 15 is 0 Å². The maximum absolute atomic E-state index is 13.4. The lowest BCUT2D eigenvalue weighted by Gasteiger charge is -2.32. The van der Waals surface area contributed by atoms with E-state index in [1.807, 2.05) is 66.7 Å². The van der Waals surface area contributed by atoms with Crippen molar-refractivity contribution >= 4 is 40.0 Å². The molecule has 4 amide bonds. The molecular weight excluding hydrogens is 440 g/mol. The van der Waals surface area contributed by atoms with Gasteiger partial charge < -0.3 is 15.5 Å². The summed E-state index contributed by atoms with van der Waals surface area (Å²) in [5.41, 5.74) is 1.23. The summed E-state index contributed by atoms with van der Waals surface area (Å²) in [6, 6.07) is 20.5. The summed E-state index contributed by atoms with van der Waals surface area (Å²) in [4.78, 5) is 42.2. The van der Waals surface area contributed by atoms with Gasteiger partial charge in [0.15, 0.2) is 0 Å². The summed E-state index contributed by atoms with van der Waals surface area (Å²) in [6.07, 6.45) is 2.37. The molecule has 2 saturated heterocycles. The second kappa shape index (κ2) is 9.06. The molecule has 180 valence electrons. The molecule has 0 spiro atoms. The summed E-state index contributed by atoms with van der Waals surface area (Å²) >= 11 is 0. The third kappa shape index (κ3) is 4.34. The predicted molar refractivity (Wildman–Crippen MR) is 137 cm³/mol. The van der Waals surface area contributed by atoms with Crippen LogP contribution in [0.15, 0.2) is 66.7 Å². The molecule has 2 N–H and O–H groups in total. The molecule has 0 aromatic heterocycles. The Hall–Kier alpha value is -3.87. The van der Waals surface area contributed by atoms with Crippen molar-refractivity contribution < 1.29 is 14.4 Å². The molecule has 0 radical (unpaired) electrons. The number of nitrogens with one attached hydrogen (secondary N) is 2. The molecule has 35 heavy (non-hydrogen) atoms. The van der Waals surface area contributed by atoms with E-state index < -0.39 is 23.4 Å². The number of hydrogen-bond donors (Lipinski definition) is 2. The maximum Gasteiger partial charge on any atom is 0.325 e. The highest BCUT2D eigenvalue weighted by Gasteiger charge is 2.50. The number of amides is 4. The van der Waals surface area contributed by atoms with E-state index in [1.54, 1.807) is 6.92 Å². The van der Waals surface area contributed by atoms with Crippen LogP contribution >= 0.6 is 0 Å². The van der Waals surface area contributed by atoms with E-state index in [4.69, 9.17) is 0 Å². The maximum atomic E-state index is 13.4. The van der Waals surface area contributed by atoms with Crippen LogP contribution in [0.4, 0.5) is 16.2 Å². The van der Waals surface area contributed by atoms with Crippen LogP contribution in [-0.2, 0) is 15.1 Å². The fourth-order valence-electron chi connectivity index (χ4n) is 5.05. The minimum absolute atomic E-state index is 0.350. The molecule has 2 fully saturated rings. The van der Waals surface area contributed by atoms with Gasteiger partial charge in [-0.15, -0.1) is 0 Å². The topological polar surface area (TPSA) is 81.8 Å². The molecule has 2 aliphatic rings. The van der Waals surface area contributed by atoms with E-state index in [-0.39, 0.29) is 6.54 Å². The van der Waals surface area contributed by atoms with Gasteiger partial charge in [-0.05, 0) is 66.3 Å². The van der Waals surface area contributed by atoms with Gasteiger partial charge in [0.1, 0.15) is 12.1 Å². The smallest absolute Gasteiger partial charge is 0.325 e. The number of hydrogen-bond acceptors (Lipinski definition) is 4. The van der Waals surface area contributed by atoms with Crippen LogP contribution in [0.25, 0.3) is 10.8 Å². The Morgan fingerprint density at radius 1 is 1.00 bits per heavy atom. The Labute approximate surface area is 205 Å². The number of benzene rings is 3. The first-order chi connectivity index (χ1) is 16.8. The number of piperidine rings is 1. The minimum atomic E-state index is -1.24. The van der Waals surface area contributed by atoms with Gasteiger partial charge in [-0.3, -0.25) is 14.5 Å². The largest absolute Gasteiger partial charge is 0.372 e. The van der Waals surface area contributed by atoms with E-state index in [0.29, 0.717) is 11.3 Å². The molecule has 2 heterocycles. The normalized spacial score (nSPS) is 20.9. The average molecular weight is 471 g/mol. The molecule has 0 aliphatic carbocycles. The monoisotopic (exact) mass is 470 g/mol. The van der Waals surface area contributed by atoms with Crippen LogP contribution in [0.1, 0.15) is 32.3 Å². The Kier molecular flexibility index (Phi) is 5.93. The molecule has 0 unspecified atom stereocenters. The third-order valence-corrected chi connectivity index (χ3v) is 7.20. The molecule has 0 bridgehead atoms. The first-order valence-electron chi connectivity index (χ1n) is 12.1. The van der Waals surface area contributed by atoms with Gasteiger partial charge >= 0.3 is 6.03 Å². The summed E-state index contributed by atoms with van der Waals surface area (Å²) in [6.45, 7) is 5.69. The summed E-state index contributed by atoms with van der Waals surface area (Å²) < 4.78 is 0. The molecule has 3 aromatic carbocycles. The second-order valence-electron chi connectivity index (χ2n) is 9.74. The molecule has 2 aliphatic heterocycles. The van der Waals surface area contributed by atoms with Gasteiger partial charge in [0.25, 0.3) is 5.91 Å². The molecule has 3 aromatic rings. The van der Waals surface area contributed by atoms with Crippen molar-refractivity contribution in [2.75, 3.05) is 29.9 Å². The predicted octanol–water partition coefficient (Wildman–Crippen LogP) is 4.48. The Bertz CT molecular complexity index is 1280. The number of imide groups is 1. The highest BCUT2D eigenvalue weighted by atomic mass is 16.2. The number of carbonyl (C=O) groups excluding carboxylic acids is 3. The number of rotatable bonds is 5. The van der Waals surface area contributed by atoms with Crippen LogP contribution < -0.4 is 15.5 Å². The number of fused-ring (bicyclic) bond motifs is 1. The van der Waals surface area contributed by atoms with Crippen molar-refractivity contribution in [1.82, 2.24) is 10.2 Å². The summed E-state index contributed by atoms with van der Waals surface area (Å²) in [5, 5.41) is 7.49. The van der Waals surface area contributed by atoms with Gasteiger partial charge in [0.2, 0.25) is 5.91 Å². The number of carbonyl (C=O) groups is 3. The van der Waals surface area contributed by atoms with Gasteiger partial charge in [0, 0.05) is 24.5 Å². The van der Waals surface area contributed by atoms with Crippen LogP contribution in [0.5, 0.6) is 0 Å². The van der Waals surface area contributed by atoms with Crippen LogP contribution in [-0.4, -0.2) is 42.4 Å². The highest BCUT2D eigenvalue weighted by Crippen LogP contribution is 2.34. The average Bonchev–Trinajstić information content (AvgIpc) is 3.08. The van der Waals surface area contributed by atoms with Gasteiger partial charge in [-0.1, -0.05) is 49.4 Å². The van der Waals surface area contributed by atoms with Gasteiger partial charge in [0.05, 0.1) is 0 Å². The van der Waals surface area contributed by atoms with E-state index in [1.165, 1.54) is 12.8 Å². The van der Waals surface area contributed by atoms with Crippen molar-refractivity contribution in [1.29, 1.82) is 0 Å².